The minimum atomic E-state index is -3.47. The SMILES string of the molecule is O=C(Nc1cccc(S(=O)(=O)N2CCCCCC2)c1)C1CC1. The quantitative estimate of drug-likeness (QED) is 0.926. The van der Waals surface area contributed by atoms with Gasteiger partial charge in [0.25, 0.3) is 0 Å². The molecule has 1 aromatic rings. The second-order valence-electron chi connectivity index (χ2n) is 6.11. The Morgan fingerprint density at radius 1 is 1.09 bits per heavy atom. The van der Waals surface area contributed by atoms with E-state index in [2.05, 4.69) is 5.32 Å². The van der Waals surface area contributed by atoms with Crippen LogP contribution >= 0.6 is 0 Å². The van der Waals surface area contributed by atoms with Crippen LogP contribution in [0.5, 0.6) is 0 Å². The van der Waals surface area contributed by atoms with Gasteiger partial charge in [0.1, 0.15) is 0 Å². The van der Waals surface area contributed by atoms with Gasteiger partial charge in [-0.3, -0.25) is 4.79 Å². The highest BCUT2D eigenvalue weighted by Gasteiger charge is 2.30. The first-order valence-electron chi connectivity index (χ1n) is 7.98. The highest BCUT2D eigenvalue weighted by Crippen LogP contribution is 2.30. The van der Waals surface area contributed by atoms with Gasteiger partial charge in [0.05, 0.1) is 4.90 Å². The predicted octanol–water partition coefficient (Wildman–Crippen LogP) is 2.60. The number of nitrogens with zero attached hydrogens (tertiary/aromatic N) is 1. The van der Waals surface area contributed by atoms with Gasteiger partial charge >= 0.3 is 0 Å². The third kappa shape index (κ3) is 3.50. The van der Waals surface area contributed by atoms with Gasteiger partial charge < -0.3 is 5.32 Å². The molecular formula is C16H22N2O3S. The normalized spacial score (nSPS) is 20.4. The lowest BCUT2D eigenvalue weighted by molar-refractivity contribution is -0.117. The Morgan fingerprint density at radius 2 is 1.77 bits per heavy atom. The van der Waals surface area contributed by atoms with Crippen molar-refractivity contribution in [2.75, 3.05) is 18.4 Å². The van der Waals surface area contributed by atoms with E-state index in [1.807, 2.05) is 0 Å². The van der Waals surface area contributed by atoms with Crippen molar-refractivity contribution in [3.63, 3.8) is 0 Å². The zero-order chi connectivity index (χ0) is 15.6. The fourth-order valence-electron chi connectivity index (χ4n) is 2.76. The molecular weight excluding hydrogens is 300 g/mol. The molecule has 1 aliphatic heterocycles. The molecule has 0 unspecified atom stereocenters. The third-order valence-corrected chi connectivity index (χ3v) is 6.15. The van der Waals surface area contributed by atoms with E-state index in [0.717, 1.165) is 38.5 Å². The minimum Gasteiger partial charge on any atom is -0.326 e. The summed E-state index contributed by atoms with van der Waals surface area (Å²) in [5.41, 5.74) is 0.563. The molecule has 1 N–H and O–H groups in total. The van der Waals surface area contributed by atoms with Crippen LogP contribution in [-0.4, -0.2) is 31.7 Å². The molecule has 1 heterocycles. The van der Waals surface area contributed by atoms with E-state index in [1.54, 1.807) is 28.6 Å². The molecule has 22 heavy (non-hydrogen) atoms. The molecule has 2 aliphatic rings. The molecule has 1 aromatic carbocycles. The van der Waals surface area contributed by atoms with E-state index in [0.29, 0.717) is 18.8 Å². The number of carbonyl (C=O) groups excluding carboxylic acids is 1. The topological polar surface area (TPSA) is 66.5 Å². The molecule has 0 spiro atoms. The van der Waals surface area contributed by atoms with Crippen LogP contribution in [0, 0.1) is 5.92 Å². The summed E-state index contributed by atoms with van der Waals surface area (Å²) in [7, 11) is -3.47. The molecule has 0 radical (unpaired) electrons. The van der Waals surface area contributed by atoms with Crippen molar-refractivity contribution in [2.24, 2.45) is 5.92 Å². The van der Waals surface area contributed by atoms with E-state index in [1.165, 1.54) is 0 Å². The molecule has 1 amide bonds. The Labute approximate surface area is 131 Å². The first-order chi connectivity index (χ1) is 10.6. The highest BCUT2D eigenvalue weighted by atomic mass is 32.2. The number of benzene rings is 1. The lowest BCUT2D eigenvalue weighted by Gasteiger charge is -2.20. The standard InChI is InChI=1S/C16H22N2O3S/c19-16(13-8-9-13)17-14-6-5-7-15(12-14)22(20,21)18-10-3-1-2-4-11-18/h5-7,12-13H,1-4,8-11H2,(H,17,19). The van der Waals surface area contributed by atoms with E-state index in [9.17, 15) is 13.2 Å². The number of anilines is 1. The second kappa shape index (κ2) is 6.38. The number of sulfonamides is 1. The molecule has 3 rings (SSSR count). The van der Waals surface area contributed by atoms with Gasteiger partial charge in [-0.2, -0.15) is 4.31 Å². The Balaban J connectivity index is 1.78. The van der Waals surface area contributed by atoms with Gasteiger partial charge in [0, 0.05) is 24.7 Å². The average molecular weight is 322 g/mol. The molecule has 1 saturated heterocycles. The van der Waals surface area contributed by atoms with Crippen LogP contribution in [0.1, 0.15) is 38.5 Å². The molecule has 0 aromatic heterocycles. The molecule has 1 saturated carbocycles. The molecule has 5 nitrogen and oxygen atoms in total. The molecule has 1 aliphatic carbocycles. The van der Waals surface area contributed by atoms with Gasteiger partial charge in [-0.1, -0.05) is 18.9 Å². The van der Waals surface area contributed by atoms with Crippen LogP contribution in [0.4, 0.5) is 5.69 Å². The fourth-order valence-corrected chi connectivity index (χ4v) is 4.32. The molecule has 2 fully saturated rings. The summed E-state index contributed by atoms with van der Waals surface area (Å²) >= 11 is 0. The van der Waals surface area contributed by atoms with Crippen molar-refractivity contribution in [3.05, 3.63) is 24.3 Å². The van der Waals surface area contributed by atoms with Crippen molar-refractivity contribution < 1.29 is 13.2 Å². The van der Waals surface area contributed by atoms with Crippen LogP contribution in [0.3, 0.4) is 0 Å². The van der Waals surface area contributed by atoms with Gasteiger partial charge in [-0.05, 0) is 43.9 Å². The fraction of sp³-hybridized carbons (Fsp3) is 0.562. The Morgan fingerprint density at radius 3 is 2.41 bits per heavy atom. The van der Waals surface area contributed by atoms with Crippen molar-refractivity contribution >= 4 is 21.6 Å². The number of amides is 1. The van der Waals surface area contributed by atoms with Crippen molar-refractivity contribution in [2.45, 2.75) is 43.4 Å². The average Bonchev–Trinajstić information content (AvgIpc) is 3.34. The summed E-state index contributed by atoms with van der Waals surface area (Å²) in [6.07, 6.45) is 5.86. The molecule has 0 bridgehead atoms. The first kappa shape index (κ1) is 15.5. The zero-order valence-corrected chi connectivity index (χ0v) is 13.4. The molecule has 120 valence electrons. The Bertz CT molecular complexity index is 645. The van der Waals surface area contributed by atoms with Crippen molar-refractivity contribution in [1.82, 2.24) is 4.31 Å². The van der Waals surface area contributed by atoms with Gasteiger partial charge in [-0.25, -0.2) is 8.42 Å². The Hall–Kier alpha value is -1.40. The van der Waals surface area contributed by atoms with Gasteiger partial charge in [0.2, 0.25) is 15.9 Å². The number of carbonyl (C=O) groups is 1. The number of rotatable bonds is 4. The predicted molar refractivity (Wildman–Crippen MR) is 85.0 cm³/mol. The van der Waals surface area contributed by atoms with E-state index in [4.69, 9.17) is 0 Å². The minimum absolute atomic E-state index is 0.00989. The summed E-state index contributed by atoms with van der Waals surface area (Å²) < 4.78 is 27.0. The second-order valence-corrected chi connectivity index (χ2v) is 8.05. The van der Waals surface area contributed by atoms with Crippen molar-refractivity contribution in [1.29, 1.82) is 0 Å². The van der Waals surface area contributed by atoms with Crippen LogP contribution in [0.2, 0.25) is 0 Å². The molecule has 6 heteroatoms. The lowest BCUT2D eigenvalue weighted by Crippen LogP contribution is -2.32. The number of hydrogen-bond donors (Lipinski definition) is 1. The summed E-state index contributed by atoms with van der Waals surface area (Å²) in [4.78, 5) is 12.1. The largest absolute Gasteiger partial charge is 0.326 e. The Kier molecular flexibility index (Phi) is 4.49. The van der Waals surface area contributed by atoms with Crippen LogP contribution in [-0.2, 0) is 14.8 Å². The first-order valence-corrected chi connectivity index (χ1v) is 9.42. The maximum atomic E-state index is 12.7. The lowest BCUT2D eigenvalue weighted by atomic mass is 10.2. The van der Waals surface area contributed by atoms with Gasteiger partial charge in [-0.15, -0.1) is 0 Å². The zero-order valence-electron chi connectivity index (χ0n) is 12.6. The van der Waals surface area contributed by atoms with Crippen LogP contribution in [0.25, 0.3) is 0 Å². The molecule has 0 atom stereocenters. The third-order valence-electron chi connectivity index (χ3n) is 4.25. The summed E-state index contributed by atoms with van der Waals surface area (Å²) in [6.45, 7) is 1.17. The highest BCUT2D eigenvalue weighted by molar-refractivity contribution is 7.89. The maximum Gasteiger partial charge on any atom is 0.243 e. The van der Waals surface area contributed by atoms with Crippen LogP contribution < -0.4 is 5.32 Å². The van der Waals surface area contributed by atoms with Crippen LogP contribution in [0.15, 0.2) is 29.2 Å². The van der Waals surface area contributed by atoms with Gasteiger partial charge in [0.15, 0.2) is 0 Å². The van der Waals surface area contributed by atoms with E-state index >= 15 is 0 Å². The smallest absolute Gasteiger partial charge is 0.243 e. The van der Waals surface area contributed by atoms with E-state index < -0.39 is 10.0 Å². The number of hydrogen-bond acceptors (Lipinski definition) is 3. The summed E-state index contributed by atoms with van der Waals surface area (Å²) in [5, 5.41) is 2.81. The number of nitrogens with one attached hydrogen (secondary N) is 1. The maximum absolute atomic E-state index is 12.7. The summed E-state index contributed by atoms with van der Waals surface area (Å²) in [6, 6.07) is 6.60. The van der Waals surface area contributed by atoms with Crippen molar-refractivity contribution in [3.8, 4) is 0 Å². The summed E-state index contributed by atoms with van der Waals surface area (Å²) in [5.74, 6) is 0.0928. The van der Waals surface area contributed by atoms with E-state index in [-0.39, 0.29) is 16.7 Å². The monoisotopic (exact) mass is 322 g/mol.